The first-order valence-corrected chi connectivity index (χ1v) is 11.5. The van der Waals surface area contributed by atoms with Crippen LogP contribution >= 0.6 is 0 Å². The lowest BCUT2D eigenvalue weighted by molar-refractivity contribution is -0.113. The van der Waals surface area contributed by atoms with Gasteiger partial charge in [-0.3, -0.25) is 0 Å². The standard InChI is InChI=1S/C27H32N2O/c1-27(20-30)24(19-29-25-10-6-5-9-23(25)18-26(27)29)17-22-12-15-28(16-13-22)14-11-21-7-3-2-4-8-21/h2-10,18,20,22,24H,11-17,19H2,1H3. The lowest BCUT2D eigenvalue weighted by Crippen LogP contribution is -2.37. The Balaban J connectivity index is 1.21. The Hall–Kier alpha value is -2.39. The van der Waals surface area contributed by atoms with E-state index in [0.717, 1.165) is 31.8 Å². The minimum Gasteiger partial charge on any atom is -0.343 e. The first-order valence-electron chi connectivity index (χ1n) is 11.5. The maximum Gasteiger partial charge on any atom is 0.132 e. The van der Waals surface area contributed by atoms with Crippen molar-refractivity contribution in [2.75, 3.05) is 19.6 Å². The Bertz CT molecular complexity index is 1020. The summed E-state index contributed by atoms with van der Waals surface area (Å²) in [6.45, 7) is 6.68. The summed E-state index contributed by atoms with van der Waals surface area (Å²) in [6, 6.07) is 21.6. The molecule has 156 valence electrons. The normalized spacial score (nSPS) is 24.9. The molecule has 0 N–H and O–H groups in total. The Kier molecular flexibility index (Phi) is 5.24. The first-order chi connectivity index (χ1) is 14.7. The maximum absolute atomic E-state index is 12.3. The lowest BCUT2D eigenvalue weighted by atomic mass is 9.72. The Labute approximate surface area is 179 Å². The van der Waals surface area contributed by atoms with Gasteiger partial charge in [-0.1, -0.05) is 48.5 Å². The second-order valence-electron chi connectivity index (χ2n) is 9.55. The quantitative estimate of drug-likeness (QED) is 0.540. The van der Waals surface area contributed by atoms with Gasteiger partial charge in [0.05, 0.1) is 5.41 Å². The van der Waals surface area contributed by atoms with Gasteiger partial charge >= 0.3 is 0 Å². The van der Waals surface area contributed by atoms with Gasteiger partial charge in [-0.25, -0.2) is 0 Å². The molecule has 0 amide bonds. The Morgan fingerprint density at radius 3 is 2.53 bits per heavy atom. The van der Waals surface area contributed by atoms with E-state index in [1.165, 1.54) is 54.4 Å². The second kappa shape index (κ2) is 8.03. The van der Waals surface area contributed by atoms with Gasteiger partial charge in [0.15, 0.2) is 0 Å². The molecule has 0 spiro atoms. The highest BCUT2D eigenvalue weighted by atomic mass is 16.1. The molecule has 1 saturated heterocycles. The third kappa shape index (κ3) is 3.50. The van der Waals surface area contributed by atoms with Gasteiger partial charge in [0.25, 0.3) is 0 Å². The summed E-state index contributed by atoms with van der Waals surface area (Å²) in [5.41, 5.74) is 3.56. The number of aromatic nitrogens is 1. The molecule has 0 bridgehead atoms. The second-order valence-corrected chi connectivity index (χ2v) is 9.55. The number of carbonyl (C=O) groups excluding carboxylic acids is 1. The van der Waals surface area contributed by atoms with E-state index >= 15 is 0 Å². The van der Waals surface area contributed by atoms with Crippen LogP contribution in [0.2, 0.25) is 0 Å². The van der Waals surface area contributed by atoms with E-state index < -0.39 is 0 Å². The average molecular weight is 401 g/mol. The number of hydrogen-bond donors (Lipinski definition) is 0. The van der Waals surface area contributed by atoms with Gasteiger partial charge in [-0.05, 0) is 80.6 Å². The van der Waals surface area contributed by atoms with Crippen molar-refractivity contribution in [1.82, 2.24) is 9.47 Å². The van der Waals surface area contributed by atoms with E-state index in [0.29, 0.717) is 5.92 Å². The Morgan fingerprint density at radius 2 is 1.77 bits per heavy atom. The largest absolute Gasteiger partial charge is 0.343 e. The van der Waals surface area contributed by atoms with Crippen molar-refractivity contribution in [3.05, 3.63) is 71.9 Å². The van der Waals surface area contributed by atoms with Crippen molar-refractivity contribution >= 4 is 17.2 Å². The van der Waals surface area contributed by atoms with E-state index in [1.54, 1.807) is 0 Å². The molecule has 0 aliphatic carbocycles. The minimum absolute atomic E-state index is 0.358. The predicted octanol–water partition coefficient (Wildman–Crippen LogP) is 5.07. The number of hydrogen-bond acceptors (Lipinski definition) is 2. The molecule has 5 rings (SSSR count). The summed E-state index contributed by atoms with van der Waals surface area (Å²) < 4.78 is 2.41. The molecule has 2 aliphatic rings. The van der Waals surface area contributed by atoms with Crippen LogP contribution in [0.15, 0.2) is 60.7 Å². The number of carbonyl (C=O) groups is 1. The van der Waals surface area contributed by atoms with Gasteiger partial charge in [0.1, 0.15) is 6.29 Å². The van der Waals surface area contributed by atoms with Crippen molar-refractivity contribution in [3.8, 4) is 0 Å². The minimum atomic E-state index is -0.358. The molecule has 30 heavy (non-hydrogen) atoms. The van der Waals surface area contributed by atoms with Gasteiger partial charge < -0.3 is 14.3 Å². The molecule has 1 fully saturated rings. The third-order valence-electron chi connectivity index (χ3n) is 7.74. The summed E-state index contributed by atoms with van der Waals surface area (Å²) in [6.07, 6.45) is 6.05. The number of likely N-dealkylation sites (tertiary alicyclic amines) is 1. The summed E-state index contributed by atoms with van der Waals surface area (Å²) in [7, 11) is 0. The number of benzene rings is 2. The van der Waals surface area contributed by atoms with E-state index in [9.17, 15) is 4.79 Å². The summed E-state index contributed by atoms with van der Waals surface area (Å²) >= 11 is 0. The van der Waals surface area contributed by atoms with Crippen LogP contribution in [0.4, 0.5) is 0 Å². The number of para-hydroxylation sites is 1. The first kappa shape index (κ1) is 19.6. The van der Waals surface area contributed by atoms with Crippen LogP contribution < -0.4 is 0 Å². The van der Waals surface area contributed by atoms with Crippen molar-refractivity contribution in [2.24, 2.45) is 11.8 Å². The average Bonchev–Trinajstić information content (AvgIpc) is 3.29. The Morgan fingerprint density at radius 1 is 1.03 bits per heavy atom. The fourth-order valence-electron chi connectivity index (χ4n) is 5.73. The molecule has 3 heteroatoms. The smallest absolute Gasteiger partial charge is 0.132 e. The summed E-state index contributed by atoms with van der Waals surface area (Å²) in [4.78, 5) is 14.9. The van der Waals surface area contributed by atoms with Crippen LogP contribution in [0.3, 0.4) is 0 Å². The number of rotatable bonds is 6. The van der Waals surface area contributed by atoms with Crippen LogP contribution in [0, 0.1) is 11.8 Å². The molecule has 2 aliphatic heterocycles. The summed E-state index contributed by atoms with van der Waals surface area (Å²) in [5, 5.41) is 1.26. The number of nitrogens with zero attached hydrogens (tertiary/aromatic N) is 2. The van der Waals surface area contributed by atoms with Crippen LogP contribution in [-0.4, -0.2) is 35.4 Å². The highest BCUT2D eigenvalue weighted by Crippen LogP contribution is 2.45. The molecule has 1 aromatic heterocycles. The number of aldehydes is 1. The molecule has 3 heterocycles. The topological polar surface area (TPSA) is 25.2 Å². The predicted molar refractivity (Wildman–Crippen MR) is 123 cm³/mol. The molecular formula is C27H32N2O. The van der Waals surface area contributed by atoms with E-state index in [4.69, 9.17) is 0 Å². The molecule has 0 saturated carbocycles. The van der Waals surface area contributed by atoms with E-state index in [-0.39, 0.29) is 5.41 Å². The number of piperidine rings is 1. The zero-order valence-electron chi connectivity index (χ0n) is 18.0. The van der Waals surface area contributed by atoms with Crippen LogP contribution in [0.1, 0.15) is 37.4 Å². The molecule has 2 aromatic carbocycles. The zero-order valence-corrected chi connectivity index (χ0v) is 18.0. The van der Waals surface area contributed by atoms with E-state index in [1.807, 2.05) is 0 Å². The lowest BCUT2D eigenvalue weighted by Gasteiger charge is -2.35. The van der Waals surface area contributed by atoms with Crippen LogP contribution in [0.5, 0.6) is 0 Å². The monoisotopic (exact) mass is 400 g/mol. The molecular weight excluding hydrogens is 368 g/mol. The van der Waals surface area contributed by atoms with Crippen LogP contribution in [-0.2, 0) is 23.2 Å². The fourth-order valence-corrected chi connectivity index (χ4v) is 5.73. The van der Waals surface area contributed by atoms with Gasteiger partial charge in [0.2, 0.25) is 0 Å². The van der Waals surface area contributed by atoms with Crippen molar-refractivity contribution in [3.63, 3.8) is 0 Å². The molecule has 0 radical (unpaired) electrons. The maximum atomic E-state index is 12.3. The van der Waals surface area contributed by atoms with Crippen molar-refractivity contribution in [2.45, 2.75) is 44.6 Å². The number of fused-ring (bicyclic) bond motifs is 3. The fraction of sp³-hybridized carbons (Fsp3) is 0.444. The third-order valence-corrected chi connectivity index (χ3v) is 7.74. The van der Waals surface area contributed by atoms with Crippen molar-refractivity contribution < 1.29 is 4.79 Å². The molecule has 2 atom stereocenters. The highest BCUT2D eigenvalue weighted by molar-refractivity contribution is 5.84. The van der Waals surface area contributed by atoms with Gasteiger partial charge in [-0.2, -0.15) is 0 Å². The highest BCUT2D eigenvalue weighted by Gasteiger charge is 2.45. The van der Waals surface area contributed by atoms with Crippen LogP contribution in [0.25, 0.3) is 10.9 Å². The summed E-state index contributed by atoms with van der Waals surface area (Å²) in [5.74, 6) is 1.15. The zero-order chi connectivity index (χ0) is 20.6. The van der Waals surface area contributed by atoms with Gasteiger partial charge in [0, 0.05) is 24.3 Å². The molecule has 3 nitrogen and oxygen atoms in total. The SMILES string of the molecule is CC1(C=O)c2cc3ccccc3n2CC1CC1CCN(CCc2ccccc2)CC1. The van der Waals surface area contributed by atoms with Crippen molar-refractivity contribution in [1.29, 1.82) is 0 Å². The van der Waals surface area contributed by atoms with Gasteiger partial charge in [-0.15, -0.1) is 0 Å². The van der Waals surface area contributed by atoms with E-state index in [2.05, 4.69) is 77.1 Å². The molecule has 3 aromatic rings. The molecule has 2 unspecified atom stereocenters.